The number of hydrogen-bond donors (Lipinski definition) is 1. The molecular weight excluding hydrogens is 162 g/mol. The molecule has 0 saturated carbocycles. The van der Waals surface area contributed by atoms with E-state index < -0.39 is 0 Å². The lowest BCUT2D eigenvalue weighted by molar-refractivity contribution is 0.547. The van der Waals surface area contributed by atoms with Crippen LogP contribution in [0.4, 0.5) is 5.82 Å². The summed E-state index contributed by atoms with van der Waals surface area (Å²) in [6.07, 6.45) is 6.86. The van der Waals surface area contributed by atoms with Crippen molar-refractivity contribution in [1.82, 2.24) is 9.78 Å². The maximum atomic E-state index is 5.82. The Hall–Kier alpha value is -0.990. The molecule has 0 aromatic carbocycles. The van der Waals surface area contributed by atoms with Crippen molar-refractivity contribution in [3.63, 3.8) is 0 Å². The molecule has 1 heterocycles. The number of rotatable bonds is 5. The zero-order valence-electron chi connectivity index (χ0n) is 8.58. The zero-order chi connectivity index (χ0) is 9.68. The fourth-order valence-corrected chi connectivity index (χ4v) is 1.35. The van der Waals surface area contributed by atoms with Gasteiger partial charge in [-0.2, -0.15) is 5.10 Å². The number of unbranched alkanes of at least 4 members (excludes halogenated alkanes) is 3. The molecule has 0 radical (unpaired) electrons. The van der Waals surface area contributed by atoms with Crippen molar-refractivity contribution >= 4 is 5.82 Å². The van der Waals surface area contributed by atoms with Gasteiger partial charge in [-0.25, -0.2) is 4.68 Å². The third kappa shape index (κ3) is 2.76. The highest BCUT2D eigenvalue weighted by atomic mass is 15.3. The van der Waals surface area contributed by atoms with Crippen LogP contribution in [0.5, 0.6) is 0 Å². The van der Waals surface area contributed by atoms with Crippen molar-refractivity contribution in [2.75, 3.05) is 5.73 Å². The summed E-state index contributed by atoms with van der Waals surface area (Å²) >= 11 is 0. The van der Waals surface area contributed by atoms with E-state index in [0.29, 0.717) is 0 Å². The third-order valence-electron chi connectivity index (χ3n) is 2.30. The zero-order valence-corrected chi connectivity index (χ0v) is 8.58. The van der Waals surface area contributed by atoms with Crippen LogP contribution in [0.25, 0.3) is 0 Å². The third-order valence-corrected chi connectivity index (χ3v) is 2.30. The van der Waals surface area contributed by atoms with Gasteiger partial charge < -0.3 is 5.73 Å². The molecule has 1 rings (SSSR count). The molecule has 0 bridgehead atoms. The summed E-state index contributed by atoms with van der Waals surface area (Å²) in [4.78, 5) is 0. The Kier molecular flexibility index (Phi) is 3.80. The number of nitrogens with two attached hydrogens (primary N) is 1. The van der Waals surface area contributed by atoms with E-state index in [4.69, 9.17) is 5.73 Å². The number of nitrogen functional groups attached to an aromatic ring is 1. The van der Waals surface area contributed by atoms with Gasteiger partial charge in [-0.3, -0.25) is 0 Å². The monoisotopic (exact) mass is 181 g/mol. The van der Waals surface area contributed by atoms with Crippen LogP contribution in [0.15, 0.2) is 6.20 Å². The largest absolute Gasteiger partial charge is 0.384 e. The molecule has 1 aromatic rings. The van der Waals surface area contributed by atoms with Gasteiger partial charge in [0.05, 0.1) is 6.20 Å². The molecule has 0 saturated heterocycles. The number of hydrogen-bond acceptors (Lipinski definition) is 2. The first-order valence-electron chi connectivity index (χ1n) is 5.03. The van der Waals surface area contributed by atoms with Gasteiger partial charge in [0.1, 0.15) is 5.82 Å². The van der Waals surface area contributed by atoms with Gasteiger partial charge in [0.2, 0.25) is 0 Å². The highest BCUT2D eigenvalue weighted by molar-refractivity contribution is 5.36. The molecule has 3 heteroatoms. The van der Waals surface area contributed by atoms with Crippen LogP contribution >= 0.6 is 0 Å². The average molecular weight is 181 g/mol. The standard InChI is InChI=1S/C10H19N3/c1-3-4-5-6-7-13-10(11)9(2)8-12-13/h8H,3-7,11H2,1-2H3. The lowest BCUT2D eigenvalue weighted by Gasteiger charge is -2.03. The maximum Gasteiger partial charge on any atom is 0.124 e. The summed E-state index contributed by atoms with van der Waals surface area (Å²) in [5, 5.41) is 4.20. The first-order valence-corrected chi connectivity index (χ1v) is 5.03. The molecule has 0 amide bonds. The fraction of sp³-hybridized carbons (Fsp3) is 0.700. The molecule has 13 heavy (non-hydrogen) atoms. The van der Waals surface area contributed by atoms with Crippen LogP contribution < -0.4 is 5.73 Å². The van der Waals surface area contributed by atoms with Crippen molar-refractivity contribution in [3.8, 4) is 0 Å². The Bertz CT molecular complexity index is 253. The highest BCUT2D eigenvalue weighted by Gasteiger charge is 2.01. The topological polar surface area (TPSA) is 43.8 Å². The van der Waals surface area contributed by atoms with Crippen LogP contribution in [0.1, 0.15) is 38.2 Å². The second-order valence-corrected chi connectivity index (χ2v) is 3.50. The number of aryl methyl sites for hydroxylation is 2. The minimum Gasteiger partial charge on any atom is -0.384 e. The van der Waals surface area contributed by atoms with Gasteiger partial charge in [-0.1, -0.05) is 26.2 Å². The van der Waals surface area contributed by atoms with Crippen LogP contribution in [0.2, 0.25) is 0 Å². The predicted octanol–water partition coefficient (Wildman–Crippen LogP) is 2.35. The van der Waals surface area contributed by atoms with E-state index in [-0.39, 0.29) is 0 Å². The van der Waals surface area contributed by atoms with E-state index in [9.17, 15) is 0 Å². The van der Waals surface area contributed by atoms with Crippen molar-refractivity contribution in [2.24, 2.45) is 0 Å². The first kappa shape index (κ1) is 10.1. The molecule has 1 aromatic heterocycles. The van der Waals surface area contributed by atoms with Gasteiger partial charge in [0.15, 0.2) is 0 Å². The SMILES string of the molecule is CCCCCCn1ncc(C)c1N. The second kappa shape index (κ2) is 4.90. The Morgan fingerprint density at radius 1 is 1.38 bits per heavy atom. The smallest absolute Gasteiger partial charge is 0.124 e. The predicted molar refractivity (Wildman–Crippen MR) is 55.5 cm³/mol. The summed E-state index contributed by atoms with van der Waals surface area (Å²) in [5.74, 6) is 0.816. The number of nitrogens with zero attached hydrogens (tertiary/aromatic N) is 2. The van der Waals surface area contributed by atoms with E-state index in [1.54, 1.807) is 0 Å². The van der Waals surface area contributed by atoms with Crippen LogP contribution in [0, 0.1) is 6.92 Å². The quantitative estimate of drug-likeness (QED) is 0.709. The lowest BCUT2D eigenvalue weighted by atomic mass is 10.2. The molecule has 0 aliphatic rings. The number of anilines is 1. The van der Waals surface area contributed by atoms with E-state index in [2.05, 4.69) is 12.0 Å². The molecule has 0 aliphatic carbocycles. The second-order valence-electron chi connectivity index (χ2n) is 3.50. The molecule has 0 fully saturated rings. The maximum absolute atomic E-state index is 5.82. The van der Waals surface area contributed by atoms with Crippen molar-refractivity contribution in [3.05, 3.63) is 11.8 Å². The summed E-state index contributed by atoms with van der Waals surface area (Å²) in [6, 6.07) is 0. The summed E-state index contributed by atoms with van der Waals surface area (Å²) in [5.41, 5.74) is 6.90. The number of aromatic nitrogens is 2. The Morgan fingerprint density at radius 2 is 2.15 bits per heavy atom. The van der Waals surface area contributed by atoms with Crippen LogP contribution in [-0.2, 0) is 6.54 Å². The highest BCUT2D eigenvalue weighted by Crippen LogP contribution is 2.10. The minimum atomic E-state index is 0.816. The fourth-order valence-electron chi connectivity index (χ4n) is 1.35. The van der Waals surface area contributed by atoms with Gasteiger partial charge in [0, 0.05) is 12.1 Å². The lowest BCUT2D eigenvalue weighted by Crippen LogP contribution is -2.05. The van der Waals surface area contributed by atoms with E-state index in [0.717, 1.165) is 17.9 Å². The normalized spacial score (nSPS) is 10.6. The van der Waals surface area contributed by atoms with Crippen molar-refractivity contribution in [1.29, 1.82) is 0 Å². The van der Waals surface area contributed by atoms with E-state index >= 15 is 0 Å². The van der Waals surface area contributed by atoms with E-state index in [1.165, 1.54) is 25.7 Å². The molecule has 2 N–H and O–H groups in total. The first-order chi connectivity index (χ1) is 6.25. The Labute approximate surface area is 79.9 Å². The molecular formula is C10H19N3. The van der Waals surface area contributed by atoms with Crippen LogP contribution in [-0.4, -0.2) is 9.78 Å². The molecule has 0 atom stereocenters. The van der Waals surface area contributed by atoms with Gasteiger partial charge in [-0.05, 0) is 13.3 Å². The summed E-state index contributed by atoms with van der Waals surface area (Å²) in [7, 11) is 0. The van der Waals surface area contributed by atoms with Crippen LogP contribution in [0.3, 0.4) is 0 Å². The van der Waals surface area contributed by atoms with Gasteiger partial charge in [0.25, 0.3) is 0 Å². The molecule has 0 spiro atoms. The average Bonchev–Trinajstić information content (AvgIpc) is 2.43. The Balaban J connectivity index is 2.32. The molecule has 74 valence electrons. The molecule has 0 unspecified atom stereocenters. The Morgan fingerprint density at radius 3 is 2.69 bits per heavy atom. The van der Waals surface area contributed by atoms with Crippen molar-refractivity contribution in [2.45, 2.75) is 46.1 Å². The minimum absolute atomic E-state index is 0.816. The van der Waals surface area contributed by atoms with Crippen molar-refractivity contribution < 1.29 is 0 Å². The summed E-state index contributed by atoms with van der Waals surface area (Å²) in [6.45, 7) is 5.16. The van der Waals surface area contributed by atoms with E-state index in [1.807, 2.05) is 17.8 Å². The van der Waals surface area contributed by atoms with Gasteiger partial charge in [-0.15, -0.1) is 0 Å². The summed E-state index contributed by atoms with van der Waals surface area (Å²) < 4.78 is 1.89. The molecule has 0 aliphatic heterocycles. The van der Waals surface area contributed by atoms with Gasteiger partial charge >= 0.3 is 0 Å². The molecule has 3 nitrogen and oxygen atoms in total.